The molecular formula is C18H18INO3. The van der Waals surface area contributed by atoms with Crippen molar-refractivity contribution >= 4 is 34.3 Å². The van der Waals surface area contributed by atoms with Crippen molar-refractivity contribution < 1.29 is 14.3 Å². The first-order valence-corrected chi connectivity index (χ1v) is 8.68. The largest absolute Gasteiger partial charge is 0.466 e. The van der Waals surface area contributed by atoms with Crippen LogP contribution in [0.4, 0.5) is 0 Å². The van der Waals surface area contributed by atoms with Crippen LogP contribution >= 0.6 is 22.6 Å². The van der Waals surface area contributed by atoms with Gasteiger partial charge in [-0.05, 0) is 60.1 Å². The Hall–Kier alpha value is -1.63. The fourth-order valence-electron chi connectivity index (χ4n) is 3.38. The van der Waals surface area contributed by atoms with Crippen molar-refractivity contribution in [1.82, 2.24) is 5.32 Å². The number of allylic oxidation sites excluding steroid dienone is 3. The van der Waals surface area contributed by atoms with Crippen molar-refractivity contribution in [2.45, 2.75) is 32.1 Å². The number of ketones is 1. The predicted octanol–water partition coefficient (Wildman–Crippen LogP) is 3.43. The molecule has 1 aliphatic carbocycles. The number of benzene rings is 1. The maximum Gasteiger partial charge on any atom is 0.336 e. The van der Waals surface area contributed by atoms with Crippen LogP contribution in [0.5, 0.6) is 0 Å². The lowest BCUT2D eigenvalue weighted by molar-refractivity contribution is -0.136. The maximum atomic E-state index is 12.6. The highest BCUT2D eigenvalue weighted by Gasteiger charge is 2.38. The van der Waals surface area contributed by atoms with Crippen molar-refractivity contribution in [3.05, 3.63) is 55.9 Å². The van der Waals surface area contributed by atoms with Crippen molar-refractivity contribution in [2.75, 3.05) is 7.11 Å². The Labute approximate surface area is 149 Å². The van der Waals surface area contributed by atoms with Crippen molar-refractivity contribution in [1.29, 1.82) is 0 Å². The molecule has 0 saturated heterocycles. The van der Waals surface area contributed by atoms with Crippen molar-refractivity contribution in [3.8, 4) is 0 Å². The quantitative estimate of drug-likeness (QED) is 0.585. The van der Waals surface area contributed by atoms with E-state index >= 15 is 0 Å². The van der Waals surface area contributed by atoms with Gasteiger partial charge in [-0.3, -0.25) is 4.79 Å². The van der Waals surface area contributed by atoms with E-state index < -0.39 is 0 Å². The molecule has 1 aliphatic heterocycles. The average Bonchev–Trinajstić information content (AvgIpc) is 2.53. The molecule has 1 N–H and O–H groups in total. The molecule has 1 heterocycles. The summed E-state index contributed by atoms with van der Waals surface area (Å²) in [7, 11) is 1.38. The Morgan fingerprint density at radius 1 is 1.35 bits per heavy atom. The molecule has 0 bridgehead atoms. The summed E-state index contributed by atoms with van der Waals surface area (Å²) in [6, 6.07) is 7.95. The van der Waals surface area contributed by atoms with Gasteiger partial charge in [0.15, 0.2) is 5.78 Å². The van der Waals surface area contributed by atoms with Gasteiger partial charge in [0.2, 0.25) is 0 Å². The van der Waals surface area contributed by atoms with Gasteiger partial charge in [-0.15, -0.1) is 0 Å². The van der Waals surface area contributed by atoms with E-state index in [4.69, 9.17) is 4.74 Å². The van der Waals surface area contributed by atoms with Gasteiger partial charge in [0, 0.05) is 32.9 Å². The zero-order valence-electron chi connectivity index (χ0n) is 13.1. The molecule has 23 heavy (non-hydrogen) atoms. The first-order chi connectivity index (χ1) is 11.0. The lowest BCUT2D eigenvalue weighted by Crippen LogP contribution is -2.34. The molecule has 0 aromatic heterocycles. The second kappa shape index (κ2) is 6.47. The van der Waals surface area contributed by atoms with Gasteiger partial charge in [0.05, 0.1) is 12.7 Å². The highest BCUT2D eigenvalue weighted by atomic mass is 127. The molecule has 4 nitrogen and oxygen atoms in total. The number of carbonyl (C=O) groups is 2. The Morgan fingerprint density at radius 3 is 2.83 bits per heavy atom. The predicted molar refractivity (Wildman–Crippen MR) is 95.6 cm³/mol. The molecule has 0 amide bonds. The minimum absolute atomic E-state index is 0.122. The first kappa shape index (κ1) is 16.2. The number of dihydropyridines is 1. The number of Topliss-reactive ketones (excluding diaryl/α,β-unsaturated/α-hetero) is 1. The normalized spacial score (nSPS) is 21.0. The number of hydrogen-bond donors (Lipinski definition) is 1. The van der Waals surface area contributed by atoms with Gasteiger partial charge in [-0.1, -0.05) is 12.1 Å². The highest BCUT2D eigenvalue weighted by Crippen LogP contribution is 2.42. The highest BCUT2D eigenvalue weighted by molar-refractivity contribution is 14.1. The third-order valence-electron chi connectivity index (χ3n) is 4.36. The van der Waals surface area contributed by atoms with Crippen LogP contribution in [0.1, 0.15) is 37.7 Å². The maximum absolute atomic E-state index is 12.6. The molecule has 1 atom stereocenters. The molecule has 0 radical (unpaired) electrons. The van der Waals surface area contributed by atoms with Crippen LogP contribution in [0.2, 0.25) is 0 Å². The first-order valence-electron chi connectivity index (χ1n) is 7.60. The molecule has 1 unspecified atom stereocenters. The number of ether oxygens (including phenoxy) is 1. The second-order valence-electron chi connectivity index (χ2n) is 5.81. The molecule has 120 valence electrons. The fraction of sp³-hybridized carbons (Fsp3) is 0.333. The number of methoxy groups -OCH3 is 1. The van der Waals surface area contributed by atoms with Gasteiger partial charge < -0.3 is 10.1 Å². The Kier molecular flexibility index (Phi) is 4.57. The molecule has 0 saturated carbocycles. The number of esters is 1. The summed E-state index contributed by atoms with van der Waals surface area (Å²) in [6.07, 6.45) is 2.23. The van der Waals surface area contributed by atoms with Gasteiger partial charge in [-0.25, -0.2) is 4.79 Å². The average molecular weight is 423 g/mol. The fourth-order valence-corrected chi connectivity index (χ4v) is 3.95. The van der Waals surface area contributed by atoms with Crippen LogP contribution in [-0.4, -0.2) is 18.9 Å². The van der Waals surface area contributed by atoms with Gasteiger partial charge in [0.25, 0.3) is 0 Å². The van der Waals surface area contributed by atoms with E-state index in [1.807, 2.05) is 31.2 Å². The number of carbonyl (C=O) groups excluding carboxylic acids is 2. The summed E-state index contributed by atoms with van der Waals surface area (Å²) in [5.41, 5.74) is 3.94. The van der Waals surface area contributed by atoms with Crippen LogP contribution in [0.15, 0.2) is 46.8 Å². The Morgan fingerprint density at radius 2 is 2.13 bits per heavy atom. The molecule has 1 aromatic rings. The van der Waals surface area contributed by atoms with Gasteiger partial charge in [-0.2, -0.15) is 0 Å². The lowest BCUT2D eigenvalue weighted by atomic mass is 9.75. The van der Waals surface area contributed by atoms with E-state index in [1.165, 1.54) is 7.11 Å². The third-order valence-corrected chi connectivity index (χ3v) is 5.03. The summed E-state index contributed by atoms with van der Waals surface area (Å²) >= 11 is 2.24. The van der Waals surface area contributed by atoms with Gasteiger partial charge >= 0.3 is 5.97 Å². The van der Waals surface area contributed by atoms with Gasteiger partial charge in [0.1, 0.15) is 0 Å². The van der Waals surface area contributed by atoms with E-state index in [9.17, 15) is 9.59 Å². The van der Waals surface area contributed by atoms with Crippen molar-refractivity contribution in [2.24, 2.45) is 0 Å². The number of hydrogen-bond acceptors (Lipinski definition) is 4. The zero-order valence-corrected chi connectivity index (χ0v) is 15.3. The van der Waals surface area contributed by atoms with Crippen molar-refractivity contribution in [3.63, 3.8) is 0 Å². The minimum atomic E-state index is -0.385. The van der Waals surface area contributed by atoms with E-state index in [1.54, 1.807) is 0 Å². The summed E-state index contributed by atoms with van der Waals surface area (Å²) in [4.78, 5) is 25.0. The van der Waals surface area contributed by atoms with E-state index in [0.29, 0.717) is 12.0 Å². The smallest absolute Gasteiger partial charge is 0.336 e. The SMILES string of the molecule is COC(=O)C1=C(C)NC2=C(C(=O)CCC2)C1c1cccc(I)c1. The third kappa shape index (κ3) is 2.94. The van der Waals surface area contributed by atoms with E-state index in [2.05, 4.69) is 27.9 Å². The van der Waals surface area contributed by atoms with Crippen LogP contribution in [-0.2, 0) is 14.3 Å². The zero-order chi connectivity index (χ0) is 16.6. The number of nitrogens with one attached hydrogen (secondary N) is 1. The van der Waals surface area contributed by atoms with Crippen LogP contribution < -0.4 is 5.32 Å². The molecule has 0 fully saturated rings. The van der Waals surface area contributed by atoms with Crippen LogP contribution in [0.25, 0.3) is 0 Å². The molecule has 5 heteroatoms. The number of rotatable bonds is 2. The molecular weight excluding hydrogens is 405 g/mol. The monoisotopic (exact) mass is 423 g/mol. The minimum Gasteiger partial charge on any atom is -0.466 e. The molecule has 1 aromatic carbocycles. The molecule has 3 rings (SSSR count). The standard InChI is InChI=1S/C18H18INO3/c1-10-15(18(22)23-2)16(11-5-3-6-12(19)9-11)17-13(20-10)7-4-8-14(17)21/h3,5-6,9,16,20H,4,7-8H2,1-2H3. The Bertz CT molecular complexity index is 748. The van der Waals surface area contributed by atoms with Crippen LogP contribution in [0.3, 0.4) is 0 Å². The van der Waals surface area contributed by atoms with E-state index in [-0.39, 0.29) is 17.7 Å². The number of halogens is 1. The lowest BCUT2D eigenvalue weighted by Gasteiger charge is -2.34. The summed E-state index contributed by atoms with van der Waals surface area (Å²) < 4.78 is 6.06. The molecule has 2 aliphatic rings. The second-order valence-corrected chi connectivity index (χ2v) is 7.06. The summed E-state index contributed by atoms with van der Waals surface area (Å²) in [5, 5.41) is 3.26. The summed E-state index contributed by atoms with van der Waals surface area (Å²) in [6.45, 7) is 1.87. The topological polar surface area (TPSA) is 55.4 Å². The Balaban J connectivity index is 2.20. The van der Waals surface area contributed by atoms with Crippen LogP contribution in [0, 0.1) is 3.57 Å². The van der Waals surface area contributed by atoms with E-state index in [0.717, 1.165) is 38.9 Å². The summed E-state index contributed by atoms with van der Waals surface area (Å²) in [5.74, 6) is -0.610. The molecule has 0 spiro atoms.